The third kappa shape index (κ3) is 4.41. The molecule has 0 spiro atoms. The second kappa shape index (κ2) is 8.11. The van der Waals surface area contributed by atoms with E-state index >= 15 is 0 Å². The van der Waals surface area contributed by atoms with Crippen molar-refractivity contribution in [2.45, 2.75) is 52.6 Å². The summed E-state index contributed by atoms with van der Waals surface area (Å²) in [5.41, 5.74) is 1.18. The predicted octanol–water partition coefficient (Wildman–Crippen LogP) is 2.87. The molecule has 2 rings (SSSR count). The van der Waals surface area contributed by atoms with Crippen LogP contribution < -0.4 is 10.2 Å². The zero-order valence-corrected chi connectivity index (χ0v) is 14.8. The summed E-state index contributed by atoms with van der Waals surface area (Å²) in [6.07, 6.45) is 3.85. The van der Waals surface area contributed by atoms with E-state index in [9.17, 15) is 0 Å². The number of aromatic nitrogens is 1. The van der Waals surface area contributed by atoms with Crippen LogP contribution in [-0.2, 0) is 6.54 Å². The molecular weight excluding hydrogens is 280 g/mol. The molecule has 1 fully saturated rings. The lowest BCUT2D eigenvalue weighted by Gasteiger charge is -2.27. The third-order valence-electron chi connectivity index (χ3n) is 4.31. The van der Waals surface area contributed by atoms with Crippen LogP contribution in [-0.4, -0.2) is 49.2 Å². The number of rotatable bonds is 8. The largest absolute Gasteiger partial charge is 0.350 e. The SMILES string of the molecule is CCCNCc1sc(N(C)CC2CCCN2CC)nc1C. The van der Waals surface area contributed by atoms with Gasteiger partial charge in [0.15, 0.2) is 5.13 Å². The van der Waals surface area contributed by atoms with Gasteiger partial charge in [-0.15, -0.1) is 11.3 Å². The Hall–Kier alpha value is -0.650. The quantitative estimate of drug-likeness (QED) is 0.748. The monoisotopic (exact) mass is 310 g/mol. The van der Waals surface area contributed by atoms with E-state index in [-0.39, 0.29) is 0 Å². The van der Waals surface area contributed by atoms with Gasteiger partial charge in [-0.05, 0) is 45.8 Å². The highest BCUT2D eigenvalue weighted by molar-refractivity contribution is 7.15. The number of thiazole rings is 1. The van der Waals surface area contributed by atoms with Gasteiger partial charge in [-0.1, -0.05) is 13.8 Å². The Bertz CT molecular complexity index is 432. The Morgan fingerprint density at radius 2 is 2.24 bits per heavy atom. The molecule has 1 aromatic heterocycles. The molecule has 0 aromatic carbocycles. The van der Waals surface area contributed by atoms with E-state index < -0.39 is 0 Å². The van der Waals surface area contributed by atoms with Crippen molar-refractivity contribution < 1.29 is 0 Å². The zero-order chi connectivity index (χ0) is 15.2. The van der Waals surface area contributed by atoms with Crippen molar-refractivity contribution in [1.29, 1.82) is 0 Å². The summed E-state index contributed by atoms with van der Waals surface area (Å²) in [6.45, 7) is 12.2. The van der Waals surface area contributed by atoms with Gasteiger partial charge >= 0.3 is 0 Å². The molecule has 0 bridgehead atoms. The molecular formula is C16H30N4S. The van der Waals surface area contributed by atoms with Crippen molar-refractivity contribution in [3.63, 3.8) is 0 Å². The van der Waals surface area contributed by atoms with Crippen LogP contribution in [0, 0.1) is 6.92 Å². The first kappa shape index (κ1) is 16.7. The fourth-order valence-electron chi connectivity index (χ4n) is 3.03. The second-order valence-corrected chi connectivity index (χ2v) is 7.05. The van der Waals surface area contributed by atoms with Crippen molar-refractivity contribution in [3.8, 4) is 0 Å². The second-order valence-electron chi connectivity index (χ2n) is 5.99. The summed E-state index contributed by atoms with van der Waals surface area (Å²) in [4.78, 5) is 11.1. The average molecular weight is 311 g/mol. The van der Waals surface area contributed by atoms with E-state index in [0.29, 0.717) is 6.04 Å². The number of likely N-dealkylation sites (N-methyl/N-ethyl adjacent to an activating group) is 2. The molecule has 120 valence electrons. The molecule has 1 saturated heterocycles. The molecule has 5 heteroatoms. The molecule has 0 aliphatic carbocycles. The molecule has 1 aliphatic rings. The van der Waals surface area contributed by atoms with Crippen molar-refractivity contribution in [2.24, 2.45) is 0 Å². The Balaban J connectivity index is 1.92. The highest BCUT2D eigenvalue weighted by Gasteiger charge is 2.25. The average Bonchev–Trinajstić information content (AvgIpc) is 3.06. The molecule has 1 aliphatic heterocycles. The molecule has 2 heterocycles. The van der Waals surface area contributed by atoms with Crippen LogP contribution in [0.2, 0.25) is 0 Å². The number of nitrogens with zero attached hydrogens (tertiary/aromatic N) is 3. The van der Waals surface area contributed by atoms with Gasteiger partial charge in [-0.25, -0.2) is 4.98 Å². The van der Waals surface area contributed by atoms with Gasteiger partial charge in [0.05, 0.1) is 5.69 Å². The molecule has 0 radical (unpaired) electrons. The maximum Gasteiger partial charge on any atom is 0.185 e. The lowest BCUT2D eigenvalue weighted by atomic mass is 10.2. The summed E-state index contributed by atoms with van der Waals surface area (Å²) in [5.74, 6) is 0. The van der Waals surface area contributed by atoms with Crippen LogP contribution in [0.5, 0.6) is 0 Å². The molecule has 1 atom stereocenters. The van der Waals surface area contributed by atoms with E-state index in [1.807, 2.05) is 11.3 Å². The zero-order valence-electron chi connectivity index (χ0n) is 14.0. The fraction of sp³-hybridized carbons (Fsp3) is 0.812. The Morgan fingerprint density at radius 1 is 1.43 bits per heavy atom. The van der Waals surface area contributed by atoms with E-state index in [0.717, 1.165) is 19.6 Å². The Morgan fingerprint density at radius 3 is 2.95 bits per heavy atom. The standard InChI is InChI=1S/C16H30N4S/c1-5-9-17-11-15-13(3)18-16(21-15)19(4)12-14-8-7-10-20(14)6-2/h14,17H,5-12H2,1-4H3. The van der Waals surface area contributed by atoms with E-state index in [2.05, 4.69) is 42.9 Å². The van der Waals surface area contributed by atoms with Crippen molar-refractivity contribution in [3.05, 3.63) is 10.6 Å². The summed E-state index contributed by atoms with van der Waals surface area (Å²) < 4.78 is 0. The van der Waals surface area contributed by atoms with Crippen LogP contribution in [0.25, 0.3) is 0 Å². The van der Waals surface area contributed by atoms with Crippen molar-refractivity contribution >= 4 is 16.5 Å². The Labute approximate surface area is 133 Å². The summed E-state index contributed by atoms with van der Waals surface area (Å²) in [6, 6.07) is 0.700. The normalized spacial score (nSPS) is 19.3. The Kier molecular flexibility index (Phi) is 6.45. The maximum absolute atomic E-state index is 4.77. The molecule has 21 heavy (non-hydrogen) atoms. The van der Waals surface area contributed by atoms with Crippen molar-refractivity contribution in [1.82, 2.24) is 15.2 Å². The molecule has 0 saturated carbocycles. The maximum atomic E-state index is 4.77. The number of hydrogen-bond donors (Lipinski definition) is 1. The van der Waals surface area contributed by atoms with Gasteiger partial charge in [0, 0.05) is 31.1 Å². The van der Waals surface area contributed by atoms with Crippen LogP contribution >= 0.6 is 11.3 Å². The number of nitrogens with one attached hydrogen (secondary N) is 1. The third-order valence-corrected chi connectivity index (χ3v) is 5.58. The minimum absolute atomic E-state index is 0.700. The predicted molar refractivity (Wildman–Crippen MR) is 92.4 cm³/mol. The van der Waals surface area contributed by atoms with Gasteiger partial charge in [-0.3, -0.25) is 4.90 Å². The highest BCUT2D eigenvalue weighted by Crippen LogP contribution is 2.27. The molecule has 0 amide bonds. The van der Waals surface area contributed by atoms with E-state index in [1.165, 1.54) is 48.1 Å². The minimum Gasteiger partial charge on any atom is -0.350 e. The first-order valence-corrected chi connectivity index (χ1v) is 9.09. The van der Waals surface area contributed by atoms with Gasteiger partial charge in [0.25, 0.3) is 0 Å². The van der Waals surface area contributed by atoms with Gasteiger partial charge in [-0.2, -0.15) is 0 Å². The van der Waals surface area contributed by atoms with Crippen LogP contribution in [0.1, 0.15) is 43.7 Å². The lowest BCUT2D eigenvalue weighted by Crippen LogP contribution is -2.38. The molecule has 1 unspecified atom stereocenters. The minimum atomic E-state index is 0.700. The highest BCUT2D eigenvalue weighted by atomic mass is 32.1. The lowest BCUT2D eigenvalue weighted by molar-refractivity contribution is 0.270. The number of likely N-dealkylation sites (tertiary alicyclic amines) is 1. The molecule has 1 aromatic rings. The summed E-state index contributed by atoms with van der Waals surface area (Å²) >= 11 is 1.84. The van der Waals surface area contributed by atoms with E-state index in [4.69, 9.17) is 4.98 Å². The summed E-state index contributed by atoms with van der Waals surface area (Å²) in [5, 5.41) is 4.65. The van der Waals surface area contributed by atoms with Gasteiger partial charge in [0.1, 0.15) is 0 Å². The smallest absolute Gasteiger partial charge is 0.185 e. The van der Waals surface area contributed by atoms with Crippen LogP contribution in [0.4, 0.5) is 5.13 Å². The number of anilines is 1. The van der Waals surface area contributed by atoms with E-state index in [1.54, 1.807) is 0 Å². The molecule has 1 N–H and O–H groups in total. The van der Waals surface area contributed by atoms with Gasteiger partial charge in [0.2, 0.25) is 0 Å². The van der Waals surface area contributed by atoms with Gasteiger partial charge < -0.3 is 10.2 Å². The first-order valence-electron chi connectivity index (χ1n) is 8.27. The van der Waals surface area contributed by atoms with Crippen LogP contribution in [0.15, 0.2) is 0 Å². The summed E-state index contributed by atoms with van der Waals surface area (Å²) in [7, 11) is 2.19. The first-order chi connectivity index (χ1) is 10.2. The number of hydrogen-bond acceptors (Lipinski definition) is 5. The van der Waals surface area contributed by atoms with Crippen LogP contribution in [0.3, 0.4) is 0 Å². The fourth-order valence-corrected chi connectivity index (χ4v) is 4.03. The van der Waals surface area contributed by atoms with Crippen molar-refractivity contribution in [2.75, 3.05) is 38.1 Å². The topological polar surface area (TPSA) is 31.4 Å². The number of aryl methyl sites for hydroxylation is 1. The molecule has 4 nitrogen and oxygen atoms in total.